The highest BCUT2D eigenvalue weighted by Gasteiger charge is 2.51. The van der Waals surface area contributed by atoms with Crippen LogP contribution in [0.25, 0.3) is 0 Å². The molecule has 472 valence electrons. The van der Waals surface area contributed by atoms with Gasteiger partial charge in [0.15, 0.2) is 12.6 Å². The second-order valence-corrected chi connectivity index (χ2v) is 22.5. The SMILES string of the molecule is CC/C=C\C/C=C\C/C=C\C/C=C\C/C=C\C/C=C\C/C=C\CCCCCCCCCCCCCCCCCCCC(=O)NC(COC1OC(CO)C(OC2OC(CO)C(O)C(O)C2O)C(O)C1O)C(O)/C=C/CCCCCCCCC. The van der Waals surface area contributed by atoms with Crippen LogP contribution in [0, 0.1) is 0 Å². The first-order valence-corrected chi connectivity index (χ1v) is 32.5. The number of unbranched alkanes of at least 4 members (excludes halogenated alkanes) is 24. The summed E-state index contributed by atoms with van der Waals surface area (Å²) in [4.78, 5) is 13.2. The predicted octanol–water partition coefficient (Wildman–Crippen LogP) is 12.2. The molecule has 0 radical (unpaired) electrons. The van der Waals surface area contributed by atoms with E-state index in [1.165, 1.54) is 116 Å². The van der Waals surface area contributed by atoms with Crippen molar-refractivity contribution in [1.82, 2.24) is 5.32 Å². The van der Waals surface area contributed by atoms with E-state index in [2.05, 4.69) is 104 Å². The first-order chi connectivity index (χ1) is 40.1. The molecule has 0 aromatic carbocycles. The zero-order valence-electron chi connectivity index (χ0n) is 50.9. The molecule has 2 saturated heterocycles. The summed E-state index contributed by atoms with van der Waals surface area (Å²) < 4.78 is 22.7. The molecule has 2 fully saturated rings. The van der Waals surface area contributed by atoms with Gasteiger partial charge in [-0.25, -0.2) is 0 Å². The van der Waals surface area contributed by atoms with Gasteiger partial charge in [-0.15, -0.1) is 0 Å². The van der Waals surface area contributed by atoms with Crippen LogP contribution in [0.2, 0.25) is 0 Å². The van der Waals surface area contributed by atoms with E-state index in [-0.39, 0.29) is 18.9 Å². The minimum atomic E-state index is -1.79. The number of hydrogen-bond donors (Lipinski definition) is 9. The van der Waals surface area contributed by atoms with Gasteiger partial charge >= 0.3 is 0 Å². The van der Waals surface area contributed by atoms with Crippen LogP contribution in [0.4, 0.5) is 0 Å². The Hall–Kier alpha value is -3.09. The lowest BCUT2D eigenvalue weighted by Crippen LogP contribution is -2.65. The number of amides is 1. The van der Waals surface area contributed by atoms with Gasteiger partial charge in [0.05, 0.1) is 32.0 Å². The molecule has 0 aliphatic carbocycles. The van der Waals surface area contributed by atoms with Crippen LogP contribution in [0.3, 0.4) is 0 Å². The van der Waals surface area contributed by atoms with Crippen molar-refractivity contribution in [2.75, 3.05) is 19.8 Å². The maximum Gasteiger partial charge on any atom is 0.220 e. The first kappa shape index (κ1) is 75.0. The van der Waals surface area contributed by atoms with E-state index in [0.29, 0.717) is 6.42 Å². The summed E-state index contributed by atoms with van der Waals surface area (Å²) in [7, 11) is 0. The second-order valence-electron chi connectivity index (χ2n) is 22.5. The Morgan fingerprint density at radius 2 is 0.841 bits per heavy atom. The number of carbonyl (C=O) groups excluding carboxylic acids is 1. The van der Waals surface area contributed by atoms with Crippen LogP contribution < -0.4 is 5.32 Å². The third kappa shape index (κ3) is 36.7. The van der Waals surface area contributed by atoms with Crippen molar-refractivity contribution < 1.29 is 64.6 Å². The molecule has 2 aliphatic heterocycles. The third-order valence-corrected chi connectivity index (χ3v) is 15.3. The molecule has 12 atom stereocenters. The predicted molar refractivity (Wildman–Crippen MR) is 332 cm³/mol. The minimum Gasteiger partial charge on any atom is -0.394 e. The average molecular weight is 1160 g/mol. The summed E-state index contributed by atoms with van der Waals surface area (Å²) in [6.45, 7) is 2.64. The summed E-state index contributed by atoms with van der Waals surface area (Å²) in [6, 6.07) is -0.916. The summed E-state index contributed by atoms with van der Waals surface area (Å²) >= 11 is 0. The van der Waals surface area contributed by atoms with E-state index in [9.17, 15) is 45.6 Å². The Kier molecular flexibility index (Phi) is 47.8. The molecule has 1 amide bonds. The maximum absolute atomic E-state index is 13.2. The lowest BCUT2D eigenvalue weighted by Gasteiger charge is -2.46. The molecule has 0 saturated carbocycles. The molecule has 0 aromatic rings. The number of aliphatic hydroxyl groups excluding tert-OH is 8. The van der Waals surface area contributed by atoms with Gasteiger partial charge < -0.3 is 65.1 Å². The Morgan fingerprint density at radius 1 is 0.451 bits per heavy atom. The molecule has 14 heteroatoms. The van der Waals surface area contributed by atoms with Crippen LogP contribution in [0.1, 0.15) is 232 Å². The van der Waals surface area contributed by atoms with Gasteiger partial charge in [0.2, 0.25) is 5.91 Å². The van der Waals surface area contributed by atoms with Gasteiger partial charge in [-0.2, -0.15) is 0 Å². The number of aliphatic hydroxyl groups is 8. The monoisotopic (exact) mass is 1160 g/mol. The molecule has 2 aliphatic rings. The molecule has 14 nitrogen and oxygen atoms in total. The summed E-state index contributed by atoms with van der Waals surface area (Å²) in [5, 5.41) is 86.9. The van der Waals surface area contributed by atoms with E-state index >= 15 is 0 Å². The van der Waals surface area contributed by atoms with Gasteiger partial charge in [0.1, 0.15) is 48.8 Å². The Morgan fingerprint density at radius 3 is 1.29 bits per heavy atom. The fourth-order valence-corrected chi connectivity index (χ4v) is 10.1. The van der Waals surface area contributed by atoms with Crippen molar-refractivity contribution in [3.8, 4) is 0 Å². The van der Waals surface area contributed by atoms with Gasteiger partial charge in [0.25, 0.3) is 0 Å². The van der Waals surface area contributed by atoms with Crippen LogP contribution in [0.5, 0.6) is 0 Å². The van der Waals surface area contributed by atoms with E-state index in [4.69, 9.17) is 18.9 Å². The molecule has 0 aromatic heterocycles. The number of carbonyl (C=O) groups is 1. The standard InChI is InChI=1S/C68H117NO13/c1-3-5-7-9-11-13-14-15-16-17-18-19-20-21-22-23-24-25-26-27-28-29-30-31-32-33-34-35-36-37-38-39-40-41-42-44-46-48-50-52-60(73)69-56(57(72)51-49-47-45-43-12-10-8-6-4-2)55-79-67-65(78)63(76)66(59(54-71)81-67)82-68-64(77)62(75)61(74)58(53-70)80-68/h5,7,11,13,15-16,18-19,21-22,24-25,27-28,49,51,56-59,61-68,70-72,74-78H,3-4,6,8-10,12,14,17,20,23,26,29-48,50,52-55H2,1-2H3,(H,69,73)/b7-5-,13-11-,16-15-,19-18-,22-21-,25-24-,28-27-,51-49+. The molecule has 0 spiro atoms. The topological polar surface area (TPSA) is 228 Å². The van der Waals surface area contributed by atoms with E-state index < -0.39 is 86.8 Å². The van der Waals surface area contributed by atoms with Gasteiger partial charge in [-0.05, 0) is 77.0 Å². The lowest BCUT2D eigenvalue weighted by atomic mass is 9.97. The van der Waals surface area contributed by atoms with Crippen LogP contribution >= 0.6 is 0 Å². The number of rotatable bonds is 51. The quantitative estimate of drug-likeness (QED) is 0.0204. The highest BCUT2D eigenvalue weighted by Crippen LogP contribution is 2.30. The fourth-order valence-electron chi connectivity index (χ4n) is 10.1. The number of hydrogen-bond acceptors (Lipinski definition) is 13. The molecular weight excluding hydrogens is 1040 g/mol. The normalized spacial score (nSPS) is 24.6. The highest BCUT2D eigenvalue weighted by atomic mass is 16.7. The molecule has 9 N–H and O–H groups in total. The van der Waals surface area contributed by atoms with Gasteiger partial charge in [-0.3, -0.25) is 4.79 Å². The van der Waals surface area contributed by atoms with Crippen LogP contribution in [0.15, 0.2) is 97.2 Å². The van der Waals surface area contributed by atoms with Crippen LogP contribution in [-0.2, 0) is 23.7 Å². The Bertz CT molecular complexity index is 1740. The van der Waals surface area contributed by atoms with E-state index in [1.807, 2.05) is 6.08 Å². The Labute approximate surface area is 496 Å². The second kappa shape index (κ2) is 52.3. The number of nitrogens with one attached hydrogen (secondary N) is 1. The highest BCUT2D eigenvalue weighted by molar-refractivity contribution is 5.76. The molecule has 12 unspecified atom stereocenters. The summed E-state index contributed by atoms with van der Waals surface area (Å²) in [6.07, 6.45) is 56.4. The Balaban J connectivity index is 1.55. The molecule has 2 rings (SSSR count). The minimum absolute atomic E-state index is 0.244. The number of ether oxygens (including phenoxy) is 4. The van der Waals surface area contributed by atoms with Crippen molar-refractivity contribution >= 4 is 5.91 Å². The smallest absolute Gasteiger partial charge is 0.220 e. The summed E-state index contributed by atoms with van der Waals surface area (Å²) in [5.74, 6) is -0.244. The first-order valence-electron chi connectivity index (χ1n) is 32.5. The van der Waals surface area contributed by atoms with E-state index in [1.54, 1.807) is 6.08 Å². The van der Waals surface area contributed by atoms with Gasteiger partial charge in [-0.1, -0.05) is 246 Å². The average Bonchev–Trinajstić information content (AvgIpc) is 3.38. The molecule has 82 heavy (non-hydrogen) atoms. The van der Waals surface area contributed by atoms with Crippen molar-refractivity contribution in [2.24, 2.45) is 0 Å². The molecular formula is C68H117NO13. The van der Waals surface area contributed by atoms with Crippen molar-refractivity contribution in [2.45, 2.75) is 306 Å². The lowest BCUT2D eigenvalue weighted by molar-refractivity contribution is -0.359. The largest absolute Gasteiger partial charge is 0.394 e. The van der Waals surface area contributed by atoms with Crippen molar-refractivity contribution in [3.63, 3.8) is 0 Å². The molecule has 0 bridgehead atoms. The third-order valence-electron chi connectivity index (χ3n) is 15.3. The van der Waals surface area contributed by atoms with Crippen molar-refractivity contribution in [1.29, 1.82) is 0 Å². The zero-order chi connectivity index (χ0) is 59.5. The van der Waals surface area contributed by atoms with E-state index in [0.717, 1.165) is 89.9 Å². The van der Waals surface area contributed by atoms with Crippen molar-refractivity contribution in [3.05, 3.63) is 97.2 Å². The zero-order valence-corrected chi connectivity index (χ0v) is 50.9. The number of allylic oxidation sites excluding steroid dienone is 15. The molecule has 2 heterocycles. The van der Waals surface area contributed by atoms with Crippen LogP contribution in [-0.4, -0.2) is 140 Å². The summed E-state index contributed by atoms with van der Waals surface area (Å²) in [5.41, 5.74) is 0. The fraction of sp³-hybridized carbons (Fsp3) is 0.750. The maximum atomic E-state index is 13.2. The van der Waals surface area contributed by atoms with Gasteiger partial charge in [0, 0.05) is 6.42 Å².